The van der Waals surface area contributed by atoms with Crippen molar-refractivity contribution >= 4 is 21.5 Å². The highest BCUT2D eigenvalue weighted by Gasteiger charge is 2.29. The number of benzene rings is 3. The molecule has 8 heteroatoms. The molecule has 0 aliphatic carbocycles. The SMILES string of the molecule is COc1cc(OC)cc(C(=O)Cc2ccc3c(c2)N(S(=O)(=O)c2ccc(F)cc2)CCC3)c1. The summed E-state index contributed by atoms with van der Waals surface area (Å²) in [6.07, 6.45) is 1.51. The lowest BCUT2D eigenvalue weighted by Gasteiger charge is -2.31. The summed E-state index contributed by atoms with van der Waals surface area (Å²) in [7, 11) is -0.826. The van der Waals surface area contributed by atoms with Crippen LogP contribution in [0.1, 0.15) is 27.9 Å². The second-order valence-electron chi connectivity index (χ2n) is 7.80. The molecule has 3 aromatic rings. The van der Waals surface area contributed by atoms with Gasteiger partial charge in [-0.05, 0) is 66.4 Å². The van der Waals surface area contributed by atoms with E-state index in [2.05, 4.69) is 0 Å². The fraction of sp³-hybridized carbons (Fsp3) is 0.240. The Kier molecular flexibility index (Phi) is 6.37. The van der Waals surface area contributed by atoms with E-state index in [9.17, 15) is 17.6 Å². The van der Waals surface area contributed by atoms with E-state index in [1.807, 2.05) is 12.1 Å². The smallest absolute Gasteiger partial charge is 0.264 e. The number of ether oxygens (including phenoxy) is 2. The number of hydrogen-bond acceptors (Lipinski definition) is 5. The molecule has 3 aromatic carbocycles. The molecular weight excluding hydrogens is 445 g/mol. The first-order chi connectivity index (χ1) is 15.8. The van der Waals surface area contributed by atoms with Gasteiger partial charge in [-0.25, -0.2) is 12.8 Å². The van der Waals surface area contributed by atoms with Crippen LogP contribution >= 0.6 is 0 Å². The van der Waals surface area contributed by atoms with Crippen LogP contribution in [0.3, 0.4) is 0 Å². The lowest BCUT2D eigenvalue weighted by atomic mass is 9.97. The number of carbonyl (C=O) groups excluding carboxylic acids is 1. The highest BCUT2D eigenvalue weighted by atomic mass is 32.2. The molecule has 0 fully saturated rings. The van der Waals surface area contributed by atoms with Gasteiger partial charge in [0.15, 0.2) is 5.78 Å². The standard InChI is InChI=1S/C25H24FNO5S/c1-31-21-14-19(15-22(16-21)32-2)25(28)13-17-5-6-18-4-3-11-27(24(18)12-17)33(29,30)23-9-7-20(26)8-10-23/h5-10,12,14-16H,3-4,11,13H2,1-2H3. The molecule has 0 saturated carbocycles. The zero-order chi connectivity index (χ0) is 23.6. The van der Waals surface area contributed by atoms with Crippen LogP contribution in [0.4, 0.5) is 10.1 Å². The molecular formula is C25H24FNO5S. The molecule has 1 heterocycles. The number of aryl methyl sites for hydroxylation is 1. The summed E-state index contributed by atoms with van der Waals surface area (Å²) in [6, 6.07) is 15.3. The van der Waals surface area contributed by atoms with Gasteiger partial charge in [0.1, 0.15) is 17.3 Å². The Hall–Kier alpha value is -3.39. The highest BCUT2D eigenvalue weighted by Crippen LogP contribution is 2.33. The quantitative estimate of drug-likeness (QED) is 0.480. The van der Waals surface area contributed by atoms with Gasteiger partial charge in [-0.2, -0.15) is 0 Å². The molecule has 4 rings (SSSR count). The fourth-order valence-electron chi connectivity index (χ4n) is 3.94. The Labute approximate surface area is 192 Å². The van der Waals surface area contributed by atoms with Crippen molar-refractivity contribution in [3.8, 4) is 11.5 Å². The molecule has 0 spiro atoms. The third-order valence-electron chi connectivity index (χ3n) is 5.67. The predicted molar refractivity (Wildman–Crippen MR) is 123 cm³/mol. The minimum absolute atomic E-state index is 0.0294. The van der Waals surface area contributed by atoms with Crippen LogP contribution in [0.2, 0.25) is 0 Å². The number of Topliss-reactive ketones (excluding diaryl/α,β-unsaturated/α-hetero) is 1. The maximum atomic E-state index is 13.3. The molecule has 0 amide bonds. The van der Waals surface area contributed by atoms with Gasteiger partial charge in [-0.1, -0.05) is 12.1 Å². The minimum atomic E-state index is -3.86. The average Bonchev–Trinajstić information content (AvgIpc) is 2.83. The van der Waals surface area contributed by atoms with Gasteiger partial charge >= 0.3 is 0 Å². The summed E-state index contributed by atoms with van der Waals surface area (Å²) in [5.74, 6) is 0.387. The number of carbonyl (C=O) groups is 1. The Morgan fingerprint density at radius 2 is 1.64 bits per heavy atom. The molecule has 0 atom stereocenters. The number of nitrogens with zero attached hydrogens (tertiary/aromatic N) is 1. The first-order valence-corrected chi connectivity index (χ1v) is 11.9. The molecule has 1 aliphatic heterocycles. The van der Waals surface area contributed by atoms with Gasteiger partial charge in [0.05, 0.1) is 24.8 Å². The van der Waals surface area contributed by atoms with Gasteiger partial charge < -0.3 is 9.47 Å². The van der Waals surface area contributed by atoms with E-state index in [0.717, 1.165) is 24.1 Å². The zero-order valence-corrected chi connectivity index (χ0v) is 19.2. The van der Waals surface area contributed by atoms with Crippen LogP contribution in [0, 0.1) is 5.82 Å². The third kappa shape index (κ3) is 4.71. The van der Waals surface area contributed by atoms with E-state index in [-0.39, 0.29) is 17.1 Å². The van der Waals surface area contributed by atoms with Crippen molar-refractivity contribution < 1.29 is 27.1 Å². The number of hydrogen-bond donors (Lipinski definition) is 0. The molecule has 6 nitrogen and oxygen atoms in total. The van der Waals surface area contributed by atoms with E-state index >= 15 is 0 Å². The van der Waals surface area contributed by atoms with Crippen LogP contribution < -0.4 is 13.8 Å². The van der Waals surface area contributed by atoms with E-state index in [1.165, 1.54) is 30.7 Å². The fourth-order valence-corrected chi connectivity index (χ4v) is 5.47. The van der Waals surface area contributed by atoms with Crippen molar-refractivity contribution in [3.05, 3.63) is 83.2 Å². The molecule has 33 heavy (non-hydrogen) atoms. The second-order valence-corrected chi connectivity index (χ2v) is 9.66. The van der Waals surface area contributed by atoms with Gasteiger partial charge in [0.2, 0.25) is 0 Å². The van der Waals surface area contributed by atoms with Crippen LogP contribution in [-0.4, -0.2) is 35.0 Å². The van der Waals surface area contributed by atoms with Crippen molar-refractivity contribution in [2.45, 2.75) is 24.2 Å². The van der Waals surface area contributed by atoms with Crippen molar-refractivity contribution in [2.24, 2.45) is 0 Å². The Balaban J connectivity index is 1.65. The molecule has 0 saturated heterocycles. The summed E-state index contributed by atoms with van der Waals surface area (Å²) in [5.41, 5.74) is 2.59. The van der Waals surface area contributed by atoms with Gasteiger partial charge in [-0.15, -0.1) is 0 Å². The number of sulfonamides is 1. The maximum Gasteiger partial charge on any atom is 0.264 e. The Bertz CT molecular complexity index is 1270. The van der Waals surface area contributed by atoms with Crippen LogP contribution in [0.15, 0.2) is 65.6 Å². The van der Waals surface area contributed by atoms with Crippen molar-refractivity contribution in [3.63, 3.8) is 0 Å². The number of fused-ring (bicyclic) bond motifs is 1. The van der Waals surface area contributed by atoms with E-state index in [0.29, 0.717) is 41.3 Å². The number of anilines is 1. The van der Waals surface area contributed by atoms with E-state index in [4.69, 9.17) is 9.47 Å². The zero-order valence-electron chi connectivity index (χ0n) is 18.4. The number of rotatable bonds is 7. The van der Waals surface area contributed by atoms with Crippen LogP contribution in [0.25, 0.3) is 0 Å². The molecule has 0 bridgehead atoms. The summed E-state index contributed by atoms with van der Waals surface area (Å²) in [5, 5.41) is 0. The maximum absolute atomic E-state index is 13.3. The van der Waals surface area contributed by atoms with Gasteiger partial charge in [0.25, 0.3) is 10.0 Å². The van der Waals surface area contributed by atoms with Crippen LogP contribution in [0.5, 0.6) is 11.5 Å². The topological polar surface area (TPSA) is 72.9 Å². The lowest BCUT2D eigenvalue weighted by Crippen LogP contribution is -2.35. The summed E-state index contributed by atoms with van der Waals surface area (Å²) in [4.78, 5) is 13.0. The average molecular weight is 470 g/mol. The van der Waals surface area contributed by atoms with Crippen molar-refractivity contribution in [1.29, 1.82) is 0 Å². The number of ketones is 1. The molecule has 0 unspecified atom stereocenters. The van der Waals surface area contributed by atoms with E-state index < -0.39 is 15.8 Å². The number of halogens is 1. The second kappa shape index (κ2) is 9.23. The first kappa shape index (κ1) is 22.8. The van der Waals surface area contributed by atoms with Gasteiger partial charge in [0, 0.05) is 24.6 Å². The number of methoxy groups -OCH3 is 2. The monoisotopic (exact) mass is 469 g/mol. The summed E-state index contributed by atoms with van der Waals surface area (Å²) >= 11 is 0. The van der Waals surface area contributed by atoms with Gasteiger partial charge in [-0.3, -0.25) is 9.10 Å². The lowest BCUT2D eigenvalue weighted by molar-refractivity contribution is 0.0992. The van der Waals surface area contributed by atoms with Crippen molar-refractivity contribution in [1.82, 2.24) is 0 Å². The largest absolute Gasteiger partial charge is 0.497 e. The Morgan fingerprint density at radius 3 is 2.27 bits per heavy atom. The minimum Gasteiger partial charge on any atom is -0.497 e. The molecule has 0 aromatic heterocycles. The Morgan fingerprint density at radius 1 is 0.970 bits per heavy atom. The third-order valence-corrected chi connectivity index (χ3v) is 7.49. The molecule has 0 N–H and O–H groups in total. The predicted octanol–water partition coefficient (Wildman–Crippen LogP) is 4.41. The normalized spacial score (nSPS) is 13.4. The van der Waals surface area contributed by atoms with Crippen molar-refractivity contribution in [2.75, 3.05) is 25.1 Å². The highest BCUT2D eigenvalue weighted by molar-refractivity contribution is 7.92. The molecule has 172 valence electrons. The summed E-state index contributed by atoms with van der Waals surface area (Å²) in [6.45, 7) is 0.317. The molecule has 1 aliphatic rings. The van der Waals surface area contributed by atoms with E-state index in [1.54, 1.807) is 24.3 Å². The first-order valence-electron chi connectivity index (χ1n) is 10.5. The van der Waals surface area contributed by atoms with Crippen LogP contribution in [-0.2, 0) is 22.9 Å². The molecule has 0 radical (unpaired) electrons. The summed E-state index contributed by atoms with van der Waals surface area (Å²) < 4.78 is 51.7.